The van der Waals surface area contributed by atoms with Crippen LogP contribution in [0.25, 0.3) is 5.65 Å². The number of aryl methyl sites for hydroxylation is 1. The normalized spacial score (nSPS) is 20.8. The Hall–Kier alpha value is -2.28. The zero-order valence-electron chi connectivity index (χ0n) is 12.5. The van der Waals surface area contributed by atoms with E-state index in [4.69, 9.17) is 16.3 Å². The van der Waals surface area contributed by atoms with Crippen molar-refractivity contribution in [3.05, 3.63) is 34.7 Å². The average molecular weight is 335 g/mol. The Balaban J connectivity index is 1.66. The molecule has 4 heterocycles. The van der Waals surface area contributed by atoms with Gasteiger partial charge in [-0.05, 0) is 19.1 Å². The summed E-state index contributed by atoms with van der Waals surface area (Å²) in [5, 5.41) is 0.545. The Morgan fingerprint density at radius 1 is 1.39 bits per heavy atom. The number of carbonyl (C=O) groups excluding carboxylic acids is 2. The summed E-state index contributed by atoms with van der Waals surface area (Å²) in [7, 11) is 0. The van der Waals surface area contributed by atoms with E-state index in [0.717, 1.165) is 0 Å². The van der Waals surface area contributed by atoms with E-state index >= 15 is 0 Å². The first-order valence-corrected chi connectivity index (χ1v) is 7.79. The fraction of sp³-hybridized carbons (Fsp3) is 0.400. The number of amides is 2. The Morgan fingerprint density at radius 3 is 3.04 bits per heavy atom. The smallest absolute Gasteiger partial charge is 0.410 e. The lowest BCUT2D eigenvalue weighted by Crippen LogP contribution is -2.54. The highest BCUT2D eigenvalue weighted by molar-refractivity contribution is 6.30. The summed E-state index contributed by atoms with van der Waals surface area (Å²) >= 11 is 6.05. The minimum atomic E-state index is -0.292. The summed E-state index contributed by atoms with van der Waals surface area (Å²) in [5.41, 5.74) is 1.87. The topological polar surface area (TPSA) is 67.2 Å². The molecule has 7 nitrogen and oxygen atoms in total. The molecule has 0 saturated carbocycles. The lowest BCUT2D eigenvalue weighted by Gasteiger charge is -2.35. The maximum absolute atomic E-state index is 13.0. The van der Waals surface area contributed by atoms with Crippen molar-refractivity contribution in [2.75, 3.05) is 26.2 Å². The Bertz CT molecular complexity index is 818. The van der Waals surface area contributed by atoms with E-state index in [0.29, 0.717) is 48.3 Å². The van der Waals surface area contributed by atoms with E-state index < -0.39 is 0 Å². The summed E-state index contributed by atoms with van der Waals surface area (Å²) in [4.78, 5) is 32.4. The molecule has 23 heavy (non-hydrogen) atoms. The van der Waals surface area contributed by atoms with Gasteiger partial charge in [0.1, 0.15) is 17.9 Å². The van der Waals surface area contributed by atoms with Crippen LogP contribution >= 0.6 is 11.6 Å². The zero-order valence-corrected chi connectivity index (χ0v) is 13.3. The molecule has 2 aliphatic heterocycles. The maximum Gasteiger partial charge on any atom is 0.410 e. The number of hydrogen-bond acceptors (Lipinski definition) is 4. The van der Waals surface area contributed by atoms with Crippen LogP contribution in [0.5, 0.6) is 0 Å². The van der Waals surface area contributed by atoms with Gasteiger partial charge < -0.3 is 9.64 Å². The summed E-state index contributed by atoms with van der Waals surface area (Å²) in [6, 6.07) is 3.47. The quantitative estimate of drug-likeness (QED) is 0.794. The van der Waals surface area contributed by atoms with Crippen LogP contribution in [-0.2, 0) is 4.74 Å². The molecule has 2 amide bonds. The van der Waals surface area contributed by atoms with E-state index in [-0.39, 0.29) is 18.0 Å². The molecular formula is C15H15ClN4O3. The molecule has 0 radical (unpaired) electrons. The van der Waals surface area contributed by atoms with Crippen LogP contribution < -0.4 is 0 Å². The van der Waals surface area contributed by atoms with Crippen molar-refractivity contribution < 1.29 is 14.3 Å². The number of nitrogens with zero attached hydrogens (tertiary/aromatic N) is 4. The number of hydrogen-bond donors (Lipinski definition) is 0. The number of aromatic nitrogens is 2. The van der Waals surface area contributed by atoms with E-state index in [2.05, 4.69) is 4.98 Å². The van der Waals surface area contributed by atoms with Gasteiger partial charge in [0, 0.05) is 25.8 Å². The number of cyclic esters (lactones) is 1. The van der Waals surface area contributed by atoms with Crippen molar-refractivity contribution in [3.63, 3.8) is 0 Å². The van der Waals surface area contributed by atoms with E-state index in [1.54, 1.807) is 32.5 Å². The molecule has 2 aromatic heterocycles. The van der Waals surface area contributed by atoms with Gasteiger partial charge in [0.05, 0.1) is 16.8 Å². The van der Waals surface area contributed by atoms with Crippen LogP contribution in [-0.4, -0.2) is 63.5 Å². The van der Waals surface area contributed by atoms with Crippen molar-refractivity contribution in [1.29, 1.82) is 0 Å². The molecular weight excluding hydrogens is 320 g/mol. The van der Waals surface area contributed by atoms with Crippen LogP contribution in [0.1, 0.15) is 16.2 Å². The molecule has 0 spiro atoms. The zero-order chi connectivity index (χ0) is 16.1. The third-order valence-corrected chi connectivity index (χ3v) is 4.59. The Kier molecular flexibility index (Phi) is 3.19. The minimum Gasteiger partial charge on any atom is -0.447 e. The van der Waals surface area contributed by atoms with Gasteiger partial charge >= 0.3 is 6.09 Å². The second-order valence-electron chi connectivity index (χ2n) is 5.80. The van der Waals surface area contributed by atoms with Crippen molar-refractivity contribution >= 4 is 29.2 Å². The third-order valence-electron chi connectivity index (χ3n) is 4.36. The SMILES string of the molecule is Cc1nc2ccc(Cl)cn2c1C(=O)N1CCN2C(=O)OC[C@H]2C1. The van der Waals surface area contributed by atoms with Gasteiger partial charge in [0.15, 0.2) is 0 Å². The summed E-state index contributed by atoms with van der Waals surface area (Å²) in [5.74, 6) is -0.101. The summed E-state index contributed by atoms with van der Waals surface area (Å²) < 4.78 is 6.77. The molecule has 2 aliphatic rings. The molecule has 0 bridgehead atoms. The molecule has 2 aromatic rings. The number of fused-ring (bicyclic) bond motifs is 2. The van der Waals surface area contributed by atoms with Gasteiger partial charge in [-0.1, -0.05) is 11.6 Å². The lowest BCUT2D eigenvalue weighted by molar-refractivity contribution is 0.0609. The fourth-order valence-corrected chi connectivity index (χ4v) is 3.38. The monoisotopic (exact) mass is 334 g/mol. The molecule has 120 valence electrons. The van der Waals surface area contributed by atoms with Gasteiger partial charge in [-0.25, -0.2) is 9.78 Å². The van der Waals surface area contributed by atoms with Crippen molar-refractivity contribution in [2.24, 2.45) is 0 Å². The van der Waals surface area contributed by atoms with Crippen LogP contribution in [0.15, 0.2) is 18.3 Å². The first-order valence-electron chi connectivity index (χ1n) is 7.41. The minimum absolute atomic E-state index is 0.0664. The number of halogens is 1. The second-order valence-corrected chi connectivity index (χ2v) is 6.23. The van der Waals surface area contributed by atoms with E-state index in [1.165, 1.54) is 0 Å². The highest BCUT2D eigenvalue weighted by Crippen LogP contribution is 2.22. The lowest BCUT2D eigenvalue weighted by atomic mass is 10.2. The molecule has 0 unspecified atom stereocenters. The predicted octanol–water partition coefficient (Wildman–Crippen LogP) is 1.57. The van der Waals surface area contributed by atoms with E-state index in [9.17, 15) is 9.59 Å². The highest BCUT2D eigenvalue weighted by atomic mass is 35.5. The van der Waals surface area contributed by atoms with Gasteiger partial charge in [-0.2, -0.15) is 0 Å². The van der Waals surface area contributed by atoms with Gasteiger partial charge in [-0.3, -0.25) is 14.1 Å². The molecule has 8 heteroatoms. The first-order chi connectivity index (χ1) is 11.0. The molecule has 0 N–H and O–H groups in total. The summed E-state index contributed by atoms with van der Waals surface area (Å²) in [6.07, 6.45) is 1.41. The van der Waals surface area contributed by atoms with Crippen molar-refractivity contribution in [1.82, 2.24) is 19.2 Å². The second kappa shape index (κ2) is 5.13. The average Bonchev–Trinajstić information content (AvgIpc) is 3.06. The van der Waals surface area contributed by atoms with Gasteiger partial charge in [0.25, 0.3) is 5.91 Å². The predicted molar refractivity (Wildman–Crippen MR) is 82.7 cm³/mol. The van der Waals surface area contributed by atoms with Crippen molar-refractivity contribution in [2.45, 2.75) is 13.0 Å². The van der Waals surface area contributed by atoms with Crippen LogP contribution in [0.3, 0.4) is 0 Å². The fourth-order valence-electron chi connectivity index (χ4n) is 3.22. The molecule has 0 aliphatic carbocycles. The number of ether oxygens (including phenoxy) is 1. The molecule has 4 rings (SSSR count). The molecule has 0 aromatic carbocycles. The number of carbonyl (C=O) groups is 2. The van der Waals surface area contributed by atoms with Crippen LogP contribution in [0.4, 0.5) is 4.79 Å². The Labute approximate surface area is 137 Å². The van der Waals surface area contributed by atoms with Crippen LogP contribution in [0.2, 0.25) is 5.02 Å². The maximum atomic E-state index is 13.0. The largest absolute Gasteiger partial charge is 0.447 e. The highest BCUT2D eigenvalue weighted by Gasteiger charge is 2.39. The van der Waals surface area contributed by atoms with Gasteiger partial charge in [0.2, 0.25) is 0 Å². The standard InChI is InChI=1S/C15H15ClN4O3/c1-9-13(20-6-10(16)2-3-12(20)17-9)14(21)18-4-5-19-11(7-18)8-23-15(19)22/h2-3,6,11H,4-5,7-8H2,1H3/t11-/m1/s1. The Morgan fingerprint density at radius 2 is 2.22 bits per heavy atom. The number of rotatable bonds is 1. The number of pyridine rings is 1. The van der Waals surface area contributed by atoms with Crippen LogP contribution in [0, 0.1) is 6.92 Å². The van der Waals surface area contributed by atoms with Gasteiger partial charge in [-0.15, -0.1) is 0 Å². The summed E-state index contributed by atoms with van der Waals surface area (Å²) in [6.45, 7) is 3.59. The molecule has 1 atom stereocenters. The number of piperazine rings is 1. The molecule has 2 fully saturated rings. The van der Waals surface area contributed by atoms with Crippen molar-refractivity contribution in [3.8, 4) is 0 Å². The first kappa shape index (κ1) is 14.3. The number of imidazole rings is 1. The molecule has 2 saturated heterocycles. The van der Waals surface area contributed by atoms with E-state index in [1.807, 2.05) is 6.92 Å². The third kappa shape index (κ3) is 2.23.